The normalized spacial score (nSPS) is 22.5. The Morgan fingerprint density at radius 1 is 1.08 bits per heavy atom. The van der Waals surface area contributed by atoms with Gasteiger partial charge in [0.25, 0.3) is 0 Å². The molecule has 3 aromatic rings. The average Bonchev–Trinajstić information content (AvgIpc) is 3.33. The van der Waals surface area contributed by atoms with Crippen molar-refractivity contribution in [3.05, 3.63) is 84.4 Å². The third-order valence-electron chi connectivity index (χ3n) is 4.44. The first kappa shape index (κ1) is 17.5. The molecular formula is C21H22N2O2Se. The van der Waals surface area contributed by atoms with E-state index in [4.69, 9.17) is 9.47 Å². The molecular weight excluding hydrogens is 391 g/mol. The zero-order chi connectivity index (χ0) is 17.6. The second kappa shape index (κ2) is 8.65. The van der Waals surface area contributed by atoms with Crippen LogP contribution in [0.3, 0.4) is 0 Å². The number of aromatic amines is 1. The molecule has 4 nitrogen and oxygen atoms in total. The topological polar surface area (TPSA) is 47.1 Å². The summed E-state index contributed by atoms with van der Waals surface area (Å²) in [6.45, 7) is 1.25. The van der Waals surface area contributed by atoms with E-state index in [-0.39, 0.29) is 12.2 Å². The third kappa shape index (κ3) is 4.43. The molecule has 1 N–H and O–H groups in total. The van der Waals surface area contributed by atoms with E-state index >= 15 is 0 Å². The molecule has 0 radical (unpaired) electrons. The molecule has 134 valence electrons. The zero-order valence-corrected chi connectivity index (χ0v) is 16.2. The molecule has 4 rings (SSSR count). The van der Waals surface area contributed by atoms with E-state index in [2.05, 4.69) is 52.4 Å². The SMILES string of the molecule is c1ccc(COC[C@H]2C[C@@H]([Se]c3ccccc3)[C@H](c3cnc[nH]3)O2)cc1. The number of hydrogen-bond donors (Lipinski definition) is 1. The Morgan fingerprint density at radius 2 is 1.85 bits per heavy atom. The summed E-state index contributed by atoms with van der Waals surface area (Å²) in [6, 6.07) is 21.0. The van der Waals surface area contributed by atoms with Gasteiger partial charge in [0.1, 0.15) is 0 Å². The minimum atomic E-state index is 0.0723. The quantitative estimate of drug-likeness (QED) is 0.605. The van der Waals surface area contributed by atoms with Gasteiger partial charge in [-0.15, -0.1) is 0 Å². The maximum absolute atomic E-state index is 6.35. The maximum atomic E-state index is 6.35. The first-order chi connectivity index (χ1) is 12.9. The summed E-state index contributed by atoms with van der Waals surface area (Å²) in [5.41, 5.74) is 2.26. The van der Waals surface area contributed by atoms with Crippen molar-refractivity contribution in [2.75, 3.05) is 6.61 Å². The fourth-order valence-electron chi connectivity index (χ4n) is 3.20. The van der Waals surface area contributed by atoms with E-state index in [0.29, 0.717) is 33.0 Å². The molecule has 1 aliphatic heterocycles. The molecule has 0 spiro atoms. The monoisotopic (exact) mass is 414 g/mol. The molecule has 1 saturated heterocycles. The van der Waals surface area contributed by atoms with Gasteiger partial charge in [-0.25, -0.2) is 0 Å². The van der Waals surface area contributed by atoms with Gasteiger partial charge in [0.2, 0.25) is 0 Å². The van der Waals surface area contributed by atoms with E-state index in [0.717, 1.165) is 12.1 Å². The number of benzene rings is 2. The van der Waals surface area contributed by atoms with Crippen molar-refractivity contribution in [1.29, 1.82) is 0 Å². The average molecular weight is 413 g/mol. The van der Waals surface area contributed by atoms with Crippen LogP contribution < -0.4 is 4.46 Å². The van der Waals surface area contributed by atoms with Crippen molar-refractivity contribution in [1.82, 2.24) is 9.97 Å². The Labute approximate surface area is 160 Å². The predicted octanol–water partition coefficient (Wildman–Crippen LogP) is 3.27. The standard InChI is InChI=1S/C21H22N2O2Se/c1-3-7-16(8-4-1)13-24-14-17-11-20(26-18-9-5-2-6-10-18)21(25-17)19-12-22-15-23-19/h1-10,12,15,17,20-21H,11,13-14H2,(H,22,23)/t17-,20-,21+/m1/s1. The molecule has 26 heavy (non-hydrogen) atoms. The van der Waals surface area contributed by atoms with Gasteiger partial charge >= 0.3 is 160 Å². The molecule has 3 atom stereocenters. The summed E-state index contributed by atoms with van der Waals surface area (Å²) < 4.78 is 13.7. The summed E-state index contributed by atoms with van der Waals surface area (Å²) >= 11 is 0.352. The number of imidazole rings is 1. The fraction of sp³-hybridized carbons (Fsp3) is 0.286. The van der Waals surface area contributed by atoms with Gasteiger partial charge in [0.05, 0.1) is 0 Å². The van der Waals surface area contributed by atoms with Gasteiger partial charge in [-0.1, -0.05) is 0 Å². The fourth-order valence-corrected chi connectivity index (χ4v) is 5.95. The van der Waals surface area contributed by atoms with Crippen LogP contribution in [-0.2, 0) is 16.1 Å². The molecule has 0 bridgehead atoms. The molecule has 2 heterocycles. The first-order valence-corrected chi connectivity index (χ1v) is 10.7. The minimum absolute atomic E-state index is 0.0723. The number of ether oxygens (including phenoxy) is 2. The summed E-state index contributed by atoms with van der Waals surface area (Å²) in [4.78, 5) is 7.89. The Morgan fingerprint density at radius 3 is 2.58 bits per heavy atom. The number of aromatic nitrogens is 2. The Bertz CT molecular complexity index is 780. The van der Waals surface area contributed by atoms with Crippen LogP contribution in [0, 0.1) is 0 Å². The Balaban J connectivity index is 1.38. The zero-order valence-electron chi connectivity index (χ0n) is 14.5. The molecule has 0 saturated carbocycles. The van der Waals surface area contributed by atoms with Crippen LogP contribution in [0.1, 0.15) is 23.8 Å². The van der Waals surface area contributed by atoms with Gasteiger partial charge < -0.3 is 0 Å². The predicted molar refractivity (Wildman–Crippen MR) is 102 cm³/mol. The molecule has 0 amide bonds. The molecule has 0 unspecified atom stereocenters. The van der Waals surface area contributed by atoms with Gasteiger partial charge in [0, 0.05) is 0 Å². The van der Waals surface area contributed by atoms with Crippen LogP contribution in [0.15, 0.2) is 73.2 Å². The van der Waals surface area contributed by atoms with Crippen LogP contribution in [0.5, 0.6) is 0 Å². The summed E-state index contributed by atoms with van der Waals surface area (Å²) in [5, 5.41) is 0. The third-order valence-corrected chi connectivity index (χ3v) is 7.14. The second-order valence-corrected chi connectivity index (χ2v) is 9.15. The van der Waals surface area contributed by atoms with Crippen molar-refractivity contribution in [2.45, 2.75) is 30.1 Å². The number of hydrogen-bond acceptors (Lipinski definition) is 3. The van der Waals surface area contributed by atoms with Gasteiger partial charge in [-0.3, -0.25) is 0 Å². The number of H-pyrrole nitrogens is 1. The van der Waals surface area contributed by atoms with Gasteiger partial charge in [0.15, 0.2) is 0 Å². The molecule has 1 fully saturated rings. The van der Waals surface area contributed by atoms with Gasteiger partial charge in [-0.2, -0.15) is 0 Å². The van der Waals surface area contributed by atoms with Crippen molar-refractivity contribution < 1.29 is 9.47 Å². The Kier molecular flexibility index (Phi) is 5.82. The molecule has 1 aliphatic rings. The van der Waals surface area contributed by atoms with Crippen molar-refractivity contribution in [2.24, 2.45) is 0 Å². The van der Waals surface area contributed by atoms with Crippen LogP contribution in [-0.4, -0.2) is 37.6 Å². The number of rotatable bonds is 7. The van der Waals surface area contributed by atoms with Crippen LogP contribution in [0.4, 0.5) is 0 Å². The molecule has 0 aliphatic carbocycles. The summed E-state index contributed by atoms with van der Waals surface area (Å²) in [5.74, 6) is 0. The number of nitrogens with zero attached hydrogens (tertiary/aromatic N) is 1. The first-order valence-electron chi connectivity index (χ1n) is 8.85. The molecule has 1 aromatic heterocycles. The number of nitrogens with one attached hydrogen (secondary N) is 1. The van der Waals surface area contributed by atoms with E-state index in [1.54, 1.807) is 6.33 Å². The summed E-state index contributed by atoms with van der Waals surface area (Å²) in [7, 11) is 0. The van der Waals surface area contributed by atoms with Crippen LogP contribution >= 0.6 is 0 Å². The summed E-state index contributed by atoms with van der Waals surface area (Å²) in [6.07, 6.45) is 4.83. The van der Waals surface area contributed by atoms with E-state index < -0.39 is 0 Å². The van der Waals surface area contributed by atoms with E-state index in [1.165, 1.54) is 10.0 Å². The van der Waals surface area contributed by atoms with Crippen LogP contribution in [0.25, 0.3) is 0 Å². The molecule has 5 heteroatoms. The van der Waals surface area contributed by atoms with Crippen LogP contribution in [0.2, 0.25) is 4.82 Å². The molecule has 2 aromatic carbocycles. The Hall–Kier alpha value is -1.91. The second-order valence-electron chi connectivity index (χ2n) is 6.39. The van der Waals surface area contributed by atoms with E-state index in [9.17, 15) is 0 Å². The van der Waals surface area contributed by atoms with Crippen molar-refractivity contribution >= 4 is 19.4 Å². The van der Waals surface area contributed by atoms with Crippen molar-refractivity contribution in [3.63, 3.8) is 0 Å². The van der Waals surface area contributed by atoms with E-state index in [1.807, 2.05) is 24.4 Å². The van der Waals surface area contributed by atoms with Gasteiger partial charge in [-0.05, 0) is 0 Å². The van der Waals surface area contributed by atoms with Crippen molar-refractivity contribution in [3.8, 4) is 0 Å².